The fourth-order valence-corrected chi connectivity index (χ4v) is 1.96. The summed E-state index contributed by atoms with van der Waals surface area (Å²) in [6, 6.07) is 1.71. The van der Waals surface area contributed by atoms with Crippen LogP contribution in [0.3, 0.4) is 0 Å². The van der Waals surface area contributed by atoms with E-state index in [4.69, 9.17) is 5.26 Å². The standard InChI is InChI=1S/C10H14N4O4S/c1-3-13-7-8(6-11)9(15)14(10(13)16)5-4-12-19(2,17)18/h7,12H,3-5H2,1-2H3. The van der Waals surface area contributed by atoms with Gasteiger partial charge in [0.05, 0.1) is 6.26 Å². The van der Waals surface area contributed by atoms with Crippen LogP contribution in [0.25, 0.3) is 0 Å². The molecular formula is C10H14N4O4S. The van der Waals surface area contributed by atoms with E-state index in [9.17, 15) is 18.0 Å². The second-order valence-corrected chi connectivity index (χ2v) is 5.68. The Bertz CT molecular complexity index is 723. The summed E-state index contributed by atoms with van der Waals surface area (Å²) in [5.41, 5.74) is -1.44. The molecular weight excluding hydrogens is 272 g/mol. The summed E-state index contributed by atoms with van der Waals surface area (Å²) < 4.78 is 26.1. The summed E-state index contributed by atoms with van der Waals surface area (Å²) in [7, 11) is -3.39. The van der Waals surface area contributed by atoms with Crippen molar-refractivity contribution >= 4 is 10.0 Å². The highest BCUT2D eigenvalue weighted by molar-refractivity contribution is 7.88. The van der Waals surface area contributed by atoms with Gasteiger partial charge >= 0.3 is 5.69 Å². The monoisotopic (exact) mass is 286 g/mol. The molecule has 1 N–H and O–H groups in total. The molecule has 1 aromatic rings. The van der Waals surface area contributed by atoms with Crippen molar-refractivity contribution in [2.75, 3.05) is 12.8 Å². The van der Waals surface area contributed by atoms with Crippen molar-refractivity contribution in [1.29, 1.82) is 5.26 Å². The average Bonchev–Trinajstić information content (AvgIpc) is 2.32. The normalized spacial score (nSPS) is 11.2. The molecule has 0 amide bonds. The van der Waals surface area contributed by atoms with E-state index in [1.807, 2.05) is 0 Å². The van der Waals surface area contributed by atoms with Crippen LogP contribution < -0.4 is 16.0 Å². The lowest BCUT2D eigenvalue weighted by molar-refractivity contribution is 0.546. The lowest BCUT2D eigenvalue weighted by atomic mass is 10.3. The maximum absolute atomic E-state index is 11.9. The van der Waals surface area contributed by atoms with Crippen molar-refractivity contribution in [3.8, 4) is 6.07 Å². The Morgan fingerprint density at radius 2 is 2.05 bits per heavy atom. The molecule has 0 aliphatic heterocycles. The lowest BCUT2D eigenvalue weighted by Crippen LogP contribution is -2.43. The molecule has 19 heavy (non-hydrogen) atoms. The van der Waals surface area contributed by atoms with Gasteiger partial charge in [-0.3, -0.25) is 13.9 Å². The van der Waals surface area contributed by atoms with Crippen molar-refractivity contribution < 1.29 is 8.42 Å². The van der Waals surface area contributed by atoms with E-state index in [1.165, 1.54) is 10.8 Å². The Morgan fingerprint density at radius 1 is 1.42 bits per heavy atom. The lowest BCUT2D eigenvalue weighted by Gasteiger charge is -2.09. The third kappa shape index (κ3) is 3.77. The molecule has 104 valence electrons. The summed E-state index contributed by atoms with van der Waals surface area (Å²) in [5, 5.41) is 8.82. The summed E-state index contributed by atoms with van der Waals surface area (Å²) in [6.45, 7) is 1.80. The van der Waals surface area contributed by atoms with Crippen molar-refractivity contribution in [3.63, 3.8) is 0 Å². The van der Waals surface area contributed by atoms with Gasteiger partial charge in [0.2, 0.25) is 10.0 Å². The van der Waals surface area contributed by atoms with Gasteiger partial charge < -0.3 is 0 Å². The highest BCUT2D eigenvalue weighted by Crippen LogP contribution is 1.87. The molecule has 1 aromatic heterocycles. The van der Waals surface area contributed by atoms with Crippen LogP contribution in [-0.2, 0) is 23.1 Å². The zero-order valence-corrected chi connectivity index (χ0v) is 11.4. The number of hydrogen-bond donors (Lipinski definition) is 1. The van der Waals surface area contributed by atoms with Gasteiger partial charge in [0.25, 0.3) is 5.56 Å². The Kier molecular flexibility index (Phi) is 4.63. The highest BCUT2D eigenvalue weighted by atomic mass is 32.2. The second-order valence-electron chi connectivity index (χ2n) is 3.85. The van der Waals surface area contributed by atoms with E-state index in [2.05, 4.69) is 4.72 Å². The zero-order chi connectivity index (χ0) is 14.6. The van der Waals surface area contributed by atoms with E-state index in [-0.39, 0.29) is 18.7 Å². The molecule has 0 aromatic carbocycles. The fourth-order valence-electron chi connectivity index (χ4n) is 1.50. The molecule has 0 atom stereocenters. The minimum absolute atomic E-state index is 0.0907. The molecule has 0 fully saturated rings. The van der Waals surface area contributed by atoms with Crippen LogP contribution in [0.1, 0.15) is 12.5 Å². The summed E-state index contributed by atoms with van der Waals surface area (Å²) >= 11 is 0. The van der Waals surface area contributed by atoms with Crippen LogP contribution in [0.4, 0.5) is 0 Å². The minimum atomic E-state index is -3.39. The molecule has 0 saturated carbocycles. The third-order valence-corrected chi connectivity index (χ3v) is 3.13. The van der Waals surface area contributed by atoms with Crippen molar-refractivity contribution in [2.45, 2.75) is 20.0 Å². The number of nitrogens with zero attached hydrogens (tertiary/aromatic N) is 3. The zero-order valence-electron chi connectivity index (χ0n) is 10.6. The van der Waals surface area contributed by atoms with Crippen LogP contribution in [0.2, 0.25) is 0 Å². The van der Waals surface area contributed by atoms with E-state index in [0.717, 1.165) is 10.8 Å². The van der Waals surface area contributed by atoms with E-state index in [0.29, 0.717) is 6.54 Å². The first-order chi connectivity index (χ1) is 8.80. The number of nitrogens with one attached hydrogen (secondary N) is 1. The Labute approximate surface area is 110 Å². The number of hydrogen-bond acceptors (Lipinski definition) is 5. The van der Waals surface area contributed by atoms with Gasteiger partial charge in [0, 0.05) is 25.8 Å². The molecule has 0 aliphatic carbocycles. The number of aryl methyl sites for hydroxylation is 1. The molecule has 8 nitrogen and oxygen atoms in total. The molecule has 0 aliphatic rings. The quantitative estimate of drug-likeness (QED) is 0.704. The second kappa shape index (κ2) is 5.81. The molecule has 0 radical (unpaired) electrons. The average molecular weight is 286 g/mol. The summed E-state index contributed by atoms with van der Waals surface area (Å²) in [4.78, 5) is 23.7. The fraction of sp³-hybridized carbons (Fsp3) is 0.500. The van der Waals surface area contributed by atoms with Crippen LogP contribution in [0.15, 0.2) is 15.8 Å². The first-order valence-corrected chi connectivity index (χ1v) is 7.38. The predicted molar refractivity (Wildman–Crippen MR) is 68.2 cm³/mol. The first kappa shape index (κ1) is 15.1. The van der Waals surface area contributed by atoms with Gasteiger partial charge in [-0.2, -0.15) is 5.26 Å². The highest BCUT2D eigenvalue weighted by Gasteiger charge is 2.10. The number of rotatable bonds is 5. The Balaban J connectivity index is 3.17. The summed E-state index contributed by atoms with van der Waals surface area (Å²) in [5.74, 6) is 0. The van der Waals surface area contributed by atoms with Gasteiger partial charge in [-0.25, -0.2) is 17.9 Å². The van der Waals surface area contributed by atoms with Crippen molar-refractivity contribution in [1.82, 2.24) is 13.9 Å². The maximum atomic E-state index is 11.9. The molecule has 9 heteroatoms. The largest absolute Gasteiger partial charge is 0.331 e. The van der Waals surface area contributed by atoms with Gasteiger partial charge in [0.1, 0.15) is 11.6 Å². The topological polar surface area (TPSA) is 114 Å². The van der Waals surface area contributed by atoms with Crippen LogP contribution >= 0.6 is 0 Å². The molecule has 0 unspecified atom stereocenters. The van der Waals surface area contributed by atoms with Crippen LogP contribution in [-0.4, -0.2) is 30.4 Å². The SMILES string of the molecule is CCn1cc(C#N)c(=O)n(CCNS(C)(=O)=O)c1=O. The van der Waals surface area contributed by atoms with Gasteiger partial charge in [0.15, 0.2) is 0 Å². The summed E-state index contributed by atoms with van der Waals surface area (Å²) in [6.07, 6.45) is 2.18. The van der Waals surface area contributed by atoms with E-state index < -0.39 is 21.3 Å². The smallest absolute Gasteiger partial charge is 0.299 e. The van der Waals surface area contributed by atoms with E-state index in [1.54, 1.807) is 13.0 Å². The predicted octanol–water partition coefficient (Wildman–Crippen LogP) is -1.55. The van der Waals surface area contributed by atoms with Gasteiger partial charge in [-0.05, 0) is 6.92 Å². The van der Waals surface area contributed by atoms with Gasteiger partial charge in [-0.1, -0.05) is 0 Å². The number of nitriles is 1. The Hall–Kier alpha value is -1.92. The molecule has 0 bridgehead atoms. The van der Waals surface area contributed by atoms with Crippen molar-refractivity contribution in [2.24, 2.45) is 0 Å². The molecule has 1 rings (SSSR count). The first-order valence-electron chi connectivity index (χ1n) is 5.49. The van der Waals surface area contributed by atoms with Gasteiger partial charge in [-0.15, -0.1) is 0 Å². The number of aromatic nitrogens is 2. The minimum Gasteiger partial charge on any atom is -0.299 e. The maximum Gasteiger partial charge on any atom is 0.331 e. The number of sulfonamides is 1. The molecule has 0 saturated heterocycles. The van der Waals surface area contributed by atoms with Crippen LogP contribution in [0.5, 0.6) is 0 Å². The van der Waals surface area contributed by atoms with Crippen molar-refractivity contribution in [3.05, 3.63) is 32.6 Å². The van der Waals surface area contributed by atoms with E-state index >= 15 is 0 Å². The molecule has 0 spiro atoms. The Morgan fingerprint density at radius 3 is 2.53 bits per heavy atom. The molecule has 1 heterocycles. The van der Waals surface area contributed by atoms with Crippen LogP contribution in [0, 0.1) is 11.3 Å². The third-order valence-electron chi connectivity index (χ3n) is 2.40.